The van der Waals surface area contributed by atoms with Crippen molar-refractivity contribution in [3.8, 4) is 0 Å². The van der Waals surface area contributed by atoms with Crippen LogP contribution in [0.3, 0.4) is 0 Å². The molecule has 0 aliphatic carbocycles. The molecular formula is C9H9BrClNO2. The highest BCUT2D eigenvalue weighted by Crippen LogP contribution is 2.25. The molecule has 1 aromatic carbocycles. The van der Waals surface area contributed by atoms with Crippen molar-refractivity contribution in [3.63, 3.8) is 0 Å². The first-order valence-corrected chi connectivity index (χ1v) is 5.19. The van der Waals surface area contributed by atoms with Crippen molar-refractivity contribution in [3.05, 3.63) is 27.7 Å². The van der Waals surface area contributed by atoms with Crippen LogP contribution in [-0.4, -0.2) is 12.7 Å². The predicted octanol–water partition coefficient (Wildman–Crippen LogP) is 3.67. The molecule has 0 aliphatic heterocycles. The van der Waals surface area contributed by atoms with Crippen LogP contribution in [0.5, 0.6) is 0 Å². The quantitative estimate of drug-likeness (QED) is 0.896. The standard InChI is InChI=1S/C9H9BrClNO2/c1-2-14-9(13)12-6-3-4-7(10)8(11)5-6/h3-5H,2H2,1H3,(H,12,13). The largest absolute Gasteiger partial charge is 0.450 e. The number of ether oxygens (including phenoxy) is 1. The van der Waals surface area contributed by atoms with E-state index in [1.54, 1.807) is 25.1 Å². The second kappa shape index (κ2) is 5.22. The molecule has 0 radical (unpaired) electrons. The minimum Gasteiger partial charge on any atom is -0.450 e. The SMILES string of the molecule is CCOC(=O)Nc1ccc(Br)c(Cl)c1. The fourth-order valence-electron chi connectivity index (χ4n) is 0.859. The lowest BCUT2D eigenvalue weighted by Crippen LogP contribution is -2.13. The van der Waals surface area contributed by atoms with E-state index < -0.39 is 6.09 Å². The number of hydrogen-bond acceptors (Lipinski definition) is 2. The van der Waals surface area contributed by atoms with Gasteiger partial charge in [0.15, 0.2) is 0 Å². The van der Waals surface area contributed by atoms with Crippen LogP contribution in [0.15, 0.2) is 22.7 Å². The van der Waals surface area contributed by atoms with E-state index >= 15 is 0 Å². The molecule has 76 valence electrons. The van der Waals surface area contributed by atoms with E-state index in [-0.39, 0.29) is 0 Å². The highest BCUT2D eigenvalue weighted by atomic mass is 79.9. The average molecular weight is 279 g/mol. The van der Waals surface area contributed by atoms with Crippen LogP contribution >= 0.6 is 27.5 Å². The van der Waals surface area contributed by atoms with E-state index in [0.29, 0.717) is 17.3 Å². The first-order chi connectivity index (χ1) is 6.63. The van der Waals surface area contributed by atoms with Gasteiger partial charge >= 0.3 is 6.09 Å². The smallest absolute Gasteiger partial charge is 0.411 e. The number of benzene rings is 1. The van der Waals surface area contributed by atoms with Gasteiger partial charge in [-0.25, -0.2) is 4.79 Å². The number of anilines is 1. The van der Waals surface area contributed by atoms with Crippen molar-refractivity contribution >= 4 is 39.3 Å². The Morgan fingerprint density at radius 1 is 1.64 bits per heavy atom. The number of carbonyl (C=O) groups is 1. The second-order valence-electron chi connectivity index (χ2n) is 2.47. The predicted molar refractivity (Wildman–Crippen MR) is 59.8 cm³/mol. The molecule has 0 spiro atoms. The topological polar surface area (TPSA) is 38.3 Å². The fourth-order valence-corrected chi connectivity index (χ4v) is 1.29. The Hall–Kier alpha value is -0.740. The van der Waals surface area contributed by atoms with Crippen molar-refractivity contribution in [1.82, 2.24) is 0 Å². The first kappa shape index (κ1) is 11.3. The molecule has 0 atom stereocenters. The number of rotatable bonds is 2. The van der Waals surface area contributed by atoms with Gasteiger partial charge in [-0.1, -0.05) is 11.6 Å². The maximum atomic E-state index is 11.0. The van der Waals surface area contributed by atoms with Gasteiger partial charge in [0, 0.05) is 10.2 Å². The summed E-state index contributed by atoms with van der Waals surface area (Å²) in [6.45, 7) is 2.09. The third-order valence-corrected chi connectivity index (χ3v) is 2.67. The first-order valence-electron chi connectivity index (χ1n) is 4.02. The maximum Gasteiger partial charge on any atom is 0.411 e. The normalized spacial score (nSPS) is 9.64. The van der Waals surface area contributed by atoms with E-state index in [1.165, 1.54) is 0 Å². The highest BCUT2D eigenvalue weighted by molar-refractivity contribution is 9.10. The zero-order valence-electron chi connectivity index (χ0n) is 7.51. The highest BCUT2D eigenvalue weighted by Gasteiger charge is 2.03. The van der Waals surface area contributed by atoms with Gasteiger partial charge in [-0.15, -0.1) is 0 Å². The van der Waals surface area contributed by atoms with Crippen LogP contribution in [0.1, 0.15) is 6.92 Å². The van der Waals surface area contributed by atoms with Crippen LogP contribution in [0.25, 0.3) is 0 Å². The minimum atomic E-state index is -0.481. The summed E-state index contributed by atoms with van der Waals surface area (Å²) in [7, 11) is 0. The summed E-state index contributed by atoms with van der Waals surface area (Å²) in [6, 6.07) is 5.12. The maximum absolute atomic E-state index is 11.0. The molecule has 3 nitrogen and oxygen atoms in total. The molecule has 5 heteroatoms. The summed E-state index contributed by atoms with van der Waals surface area (Å²) >= 11 is 9.09. The summed E-state index contributed by atoms with van der Waals surface area (Å²) in [5, 5.41) is 3.09. The van der Waals surface area contributed by atoms with Gasteiger partial charge in [0.2, 0.25) is 0 Å². The Labute approximate surface area is 95.5 Å². The van der Waals surface area contributed by atoms with Crippen molar-refractivity contribution in [2.24, 2.45) is 0 Å². The van der Waals surface area contributed by atoms with Gasteiger partial charge in [0.05, 0.1) is 11.6 Å². The number of nitrogens with one attached hydrogen (secondary N) is 1. The summed E-state index contributed by atoms with van der Waals surface area (Å²) in [6.07, 6.45) is -0.481. The van der Waals surface area contributed by atoms with Gasteiger partial charge in [-0.05, 0) is 41.1 Å². The molecule has 0 saturated heterocycles. The van der Waals surface area contributed by atoms with Crippen molar-refractivity contribution in [1.29, 1.82) is 0 Å². The van der Waals surface area contributed by atoms with Gasteiger partial charge in [0.1, 0.15) is 0 Å². The number of halogens is 2. The summed E-state index contributed by atoms with van der Waals surface area (Å²) in [4.78, 5) is 11.0. The molecule has 0 aromatic heterocycles. The molecule has 1 amide bonds. The Kier molecular flexibility index (Phi) is 4.22. The van der Waals surface area contributed by atoms with Gasteiger partial charge in [-0.2, -0.15) is 0 Å². The number of amides is 1. The molecular weight excluding hydrogens is 269 g/mol. The van der Waals surface area contributed by atoms with Crippen LogP contribution in [0.2, 0.25) is 5.02 Å². The van der Waals surface area contributed by atoms with Gasteiger partial charge in [0.25, 0.3) is 0 Å². The monoisotopic (exact) mass is 277 g/mol. The lowest BCUT2D eigenvalue weighted by molar-refractivity contribution is 0.168. The Morgan fingerprint density at radius 2 is 2.36 bits per heavy atom. The molecule has 0 heterocycles. The zero-order valence-corrected chi connectivity index (χ0v) is 9.85. The molecule has 0 unspecified atom stereocenters. The van der Waals surface area contributed by atoms with E-state index in [4.69, 9.17) is 16.3 Å². The van der Waals surface area contributed by atoms with Crippen LogP contribution in [-0.2, 0) is 4.74 Å². The summed E-state index contributed by atoms with van der Waals surface area (Å²) in [5.74, 6) is 0. The lowest BCUT2D eigenvalue weighted by atomic mass is 10.3. The summed E-state index contributed by atoms with van der Waals surface area (Å²) < 4.78 is 5.50. The zero-order chi connectivity index (χ0) is 10.6. The van der Waals surface area contributed by atoms with Crippen LogP contribution in [0, 0.1) is 0 Å². The Bertz CT molecular complexity index is 344. The van der Waals surface area contributed by atoms with Crippen molar-refractivity contribution < 1.29 is 9.53 Å². The van der Waals surface area contributed by atoms with Gasteiger partial charge in [-0.3, -0.25) is 5.32 Å². The van der Waals surface area contributed by atoms with E-state index in [9.17, 15) is 4.79 Å². The van der Waals surface area contributed by atoms with Crippen LogP contribution < -0.4 is 5.32 Å². The molecule has 14 heavy (non-hydrogen) atoms. The molecule has 1 aromatic rings. The molecule has 1 rings (SSSR count). The third kappa shape index (κ3) is 3.20. The summed E-state index contributed by atoms with van der Waals surface area (Å²) in [5.41, 5.74) is 0.608. The molecule has 0 fully saturated rings. The lowest BCUT2D eigenvalue weighted by Gasteiger charge is -2.05. The van der Waals surface area contributed by atoms with Crippen molar-refractivity contribution in [2.75, 3.05) is 11.9 Å². The third-order valence-electron chi connectivity index (χ3n) is 1.44. The van der Waals surface area contributed by atoms with Crippen LogP contribution in [0.4, 0.5) is 10.5 Å². The number of carbonyl (C=O) groups excluding carboxylic acids is 1. The fraction of sp³-hybridized carbons (Fsp3) is 0.222. The van der Waals surface area contributed by atoms with Gasteiger partial charge < -0.3 is 4.74 Å². The van der Waals surface area contributed by atoms with Crippen molar-refractivity contribution in [2.45, 2.75) is 6.92 Å². The Morgan fingerprint density at radius 3 is 2.93 bits per heavy atom. The average Bonchev–Trinajstić information content (AvgIpc) is 2.12. The van der Waals surface area contributed by atoms with E-state index in [1.807, 2.05) is 0 Å². The Balaban J connectivity index is 2.68. The minimum absolute atomic E-state index is 0.343. The molecule has 0 aliphatic rings. The molecule has 0 saturated carbocycles. The number of hydrogen-bond donors (Lipinski definition) is 1. The second-order valence-corrected chi connectivity index (χ2v) is 3.74. The van der Waals surface area contributed by atoms with E-state index in [0.717, 1.165) is 4.47 Å². The molecule has 1 N–H and O–H groups in total. The van der Waals surface area contributed by atoms with E-state index in [2.05, 4.69) is 21.2 Å². The molecule has 0 bridgehead atoms.